The topological polar surface area (TPSA) is 70.7 Å². The van der Waals surface area contributed by atoms with Crippen LogP contribution in [0, 0.1) is 0 Å². The number of hydrogen-bond donors (Lipinski definition) is 2. The van der Waals surface area contributed by atoms with Gasteiger partial charge in [-0.25, -0.2) is 8.78 Å². The number of alkyl halides is 5. The van der Waals surface area contributed by atoms with Crippen LogP contribution in [0.4, 0.5) is 33.3 Å². The zero-order valence-corrected chi connectivity index (χ0v) is 20.3. The Morgan fingerprint density at radius 1 is 1.13 bits per heavy atom. The fraction of sp³-hybridized carbons (Fsp3) is 0.407. The smallest absolute Gasteiger partial charge is 0.416 e. The number of halogens is 5. The molecule has 0 aromatic heterocycles. The predicted molar refractivity (Wildman–Crippen MR) is 131 cm³/mol. The van der Waals surface area contributed by atoms with Gasteiger partial charge in [-0.15, -0.1) is 0 Å². The fourth-order valence-corrected chi connectivity index (χ4v) is 5.07. The standard InChI is InChI=1S/C27H26F5N3O3/c28-26(29)7-9-35(10-8-26)22-12-17-3-5-19(15-21(17)34-25(22)37)33-24(36)13-16-2-1-11-38-23-14-18(27(30,31)32)4-6-20(16)23/h3-6,13-15,22H,1-2,7-12H2,(H,33,36)(H,34,37)/b16-13+. The van der Waals surface area contributed by atoms with E-state index < -0.39 is 29.6 Å². The zero-order chi connectivity index (χ0) is 27.1. The lowest BCUT2D eigenvalue weighted by Gasteiger charge is -2.38. The quantitative estimate of drug-likeness (QED) is 0.403. The van der Waals surface area contributed by atoms with Crippen LogP contribution < -0.4 is 15.4 Å². The van der Waals surface area contributed by atoms with Gasteiger partial charge in [-0.2, -0.15) is 13.2 Å². The highest BCUT2D eigenvalue weighted by molar-refractivity contribution is 6.05. The number of anilines is 2. The number of amides is 2. The van der Waals surface area contributed by atoms with Gasteiger partial charge in [0.2, 0.25) is 11.8 Å². The maximum Gasteiger partial charge on any atom is 0.416 e. The summed E-state index contributed by atoms with van der Waals surface area (Å²) in [4.78, 5) is 27.3. The number of fused-ring (bicyclic) bond motifs is 2. The summed E-state index contributed by atoms with van der Waals surface area (Å²) in [6.07, 6.45) is -2.33. The minimum absolute atomic E-state index is 0.0832. The van der Waals surface area contributed by atoms with Gasteiger partial charge in [-0.3, -0.25) is 14.5 Å². The average molecular weight is 536 g/mol. The second kappa shape index (κ2) is 10.0. The predicted octanol–water partition coefficient (Wildman–Crippen LogP) is 5.49. The SMILES string of the molecule is O=C(/C=C1\CCCOc2cc(C(F)(F)F)ccc21)Nc1ccc2c(c1)NC(=O)C(N1CCC(F)(F)CC1)C2. The van der Waals surface area contributed by atoms with Crippen molar-refractivity contribution in [3.8, 4) is 5.75 Å². The molecule has 1 unspecified atom stereocenters. The first kappa shape index (κ1) is 26.1. The number of ether oxygens (including phenoxy) is 1. The third-order valence-corrected chi connectivity index (χ3v) is 7.13. The number of nitrogens with zero attached hydrogens (tertiary/aromatic N) is 1. The number of nitrogens with one attached hydrogen (secondary N) is 2. The van der Waals surface area contributed by atoms with Gasteiger partial charge in [-0.05, 0) is 54.7 Å². The van der Waals surface area contributed by atoms with Crippen molar-refractivity contribution in [2.75, 3.05) is 30.3 Å². The second-order valence-corrected chi connectivity index (χ2v) is 9.79. The molecule has 6 nitrogen and oxygen atoms in total. The van der Waals surface area contributed by atoms with E-state index in [9.17, 15) is 31.5 Å². The van der Waals surface area contributed by atoms with Gasteiger partial charge >= 0.3 is 6.18 Å². The lowest BCUT2D eigenvalue weighted by Crippen LogP contribution is -2.52. The number of rotatable bonds is 3. The Bertz CT molecular complexity index is 1280. The molecule has 202 valence electrons. The minimum Gasteiger partial charge on any atom is -0.493 e. The third kappa shape index (κ3) is 5.67. The van der Waals surface area contributed by atoms with Crippen LogP contribution in [0.2, 0.25) is 0 Å². The van der Waals surface area contributed by atoms with Gasteiger partial charge in [0.25, 0.3) is 5.92 Å². The van der Waals surface area contributed by atoms with E-state index in [1.165, 1.54) is 12.1 Å². The van der Waals surface area contributed by atoms with Crippen LogP contribution in [0.3, 0.4) is 0 Å². The molecule has 2 amide bonds. The van der Waals surface area contributed by atoms with Crippen molar-refractivity contribution < 1.29 is 36.3 Å². The number of carbonyl (C=O) groups excluding carboxylic acids is 2. The first-order chi connectivity index (χ1) is 18.0. The summed E-state index contributed by atoms with van der Waals surface area (Å²) < 4.78 is 71.9. The van der Waals surface area contributed by atoms with Crippen molar-refractivity contribution in [2.24, 2.45) is 0 Å². The van der Waals surface area contributed by atoms with Gasteiger partial charge in [-0.1, -0.05) is 12.1 Å². The summed E-state index contributed by atoms with van der Waals surface area (Å²) >= 11 is 0. The van der Waals surface area contributed by atoms with Gasteiger partial charge in [0.05, 0.1) is 18.2 Å². The molecule has 2 aromatic rings. The molecule has 3 aliphatic rings. The Morgan fingerprint density at radius 3 is 2.63 bits per heavy atom. The molecular weight excluding hydrogens is 509 g/mol. The van der Waals surface area contributed by atoms with E-state index in [2.05, 4.69) is 10.6 Å². The van der Waals surface area contributed by atoms with Crippen molar-refractivity contribution in [3.63, 3.8) is 0 Å². The van der Waals surface area contributed by atoms with E-state index in [4.69, 9.17) is 4.74 Å². The number of hydrogen-bond acceptors (Lipinski definition) is 4. The van der Waals surface area contributed by atoms with E-state index >= 15 is 0 Å². The van der Waals surface area contributed by atoms with Crippen molar-refractivity contribution in [1.29, 1.82) is 0 Å². The number of benzene rings is 2. The molecule has 3 heterocycles. The molecule has 0 spiro atoms. The minimum atomic E-state index is -4.50. The van der Waals surface area contributed by atoms with Crippen LogP contribution in [-0.4, -0.2) is 48.4 Å². The monoisotopic (exact) mass is 535 g/mol. The number of allylic oxidation sites excluding steroid dienone is 1. The summed E-state index contributed by atoms with van der Waals surface area (Å²) in [6.45, 7) is 0.530. The number of carbonyl (C=O) groups is 2. The number of likely N-dealkylation sites (tertiary alicyclic amines) is 1. The van der Waals surface area contributed by atoms with Gasteiger partial charge in [0.15, 0.2) is 0 Å². The first-order valence-corrected chi connectivity index (χ1v) is 12.4. The molecule has 0 radical (unpaired) electrons. The Morgan fingerprint density at radius 2 is 1.89 bits per heavy atom. The highest BCUT2D eigenvalue weighted by atomic mass is 19.4. The van der Waals surface area contributed by atoms with Crippen molar-refractivity contribution in [2.45, 2.75) is 50.2 Å². The van der Waals surface area contributed by atoms with E-state index in [1.54, 1.807) is 23.1 Å². The third-order valence-electron chi connectivity index (χ3n) is 7.13. The summed E-state index contributed by atoms with van der Waals surface area (Å²) in [7, 11) is 0. The Hall–Kier alpha value is -3.47. The summed E-state index contributed by atoms with van der Waals surface area (Å²) in [5.74, 6) is -3.36. The van der Waals surface area contributed by atoms with Crippen LogP contribution in [-0.2, 0) is 22.2 Å². The molecular formula is C27H26F5N3O3. The lowest BCUT2D eigenvalue weighted by molar-refractivity contribution is -0.137. The van der Waals surface area contributed by atoms with E-state index in [-0.39, 0.29) is 44.2 Å². The number of piperidine rings is 1. The molecule has 0 bridgehead atoms. The summed E-state index contributed by atoms with van der Waals surface area (Å²) in [5, 5.41) is 5.56. The molecule has 1 saturated heterocycles. The van der Waals surface area contributed by atoms with Crippen LogP contribution >= 0.6 is 0 Å². The molecule has 0 aliphatic carbocycles. The highest BCUT2D eigenvalue weighted by Gasteiger charge is 2.39. The lowest BCUT2D eigenvalue weighted by atomic mass is 9.95. The molecule has 2 aromatic carbocycles. The first-order valence-electron chi connectivity index (χ1n) is 12.4. The van der Waals surface area contributed by atoms with Gasteiger partial charge in [0.1, 0.15) is 5.75 Å². The average Bonchev–Trinajstić information content (AvgIpc) is 3.05. The Balaban J connectivity index is 1.29. The molecule has 2 N–H and O–H groups in total. The van der Waals surface area contributed by atoms with Gasteiger partial charge in [0, 0.05) is 48.9 Å². The maximum absolute atomic E-state index is 13.5. The molecule has 11 heteroatoms. The van der Waals surface area contributed by atoms with E-state index in [1.807, 2.05) is 0 Å². The summed E-state index contributed by atoms with van der Waals surface area (Å²) in [6, 6.07) is 7.79. The molecule has 1 fully saturated rings. The molecule has 38 heavy (non-hydrogen) atoms. The van der Waals surface area contributed by atoms with E-state index in [0.717, 1.165) is 17.7 Å². The van der Waals surface area contributed by atoms with Crippen LogP contribution in [0.15, 0.2) is 42.5 Å². The zero-order valence-electron chi connectivity index (χ0n) is 20.3. The van der Waals surface area contributed by atoms with E-state index in [0.29, 0.717) is 41.8 Å². The highest BCUT2D eigenvalue weighted by Crippen LogP contribution is 2.38. The van der Waals surface area contributed by atoms with Crippen LogP contribution in [0.1, 0.15) is 42.4 Å². The largest absolute Gasteiger partial charge is 0.493 e. The Labute approximate surface area is 215 Å². The molecule has 5 rings (SSSR count). The second-order valence-electron chi connectivity index (χ2n) is 9.79. The fourth-order valence-electron chi connectivity index (χ4n) is 5.07. The molecule has 1 atom stereocenters. The Kier molecular flexibility index (Phi) is 6.89. The van der Waals surface area contributed by atoms with Crippen LogP contribution in [0.25, 0.3) is 5.57 Å². The van der Waals surface area contributed by atoms with Crippen molar-refractivity contribution in [3.05, 3.63) is 59.2 Å². The maximum atomic E-state index is 13.5. The van der Waals surface area contributed by atoms with Gasteiger partial charge < -0.3 is 15.4 Å². The van der Waals surface area contributed by atoms with Crippen molar-refractivity contribution >= 4 is 28.8 Å². The molecule has 3 aliphatic heterocycles. The normalized spacial score (nSPS) is 22.5. The van der Waals surface area contributed by atoms with Crippen LogP contribution in [0.5, 0.6) is 5.75 Å². The summed E-state index contributed by atoms with van der Waals surface area (Å²) in [5.41, 5.74) is 1.97. The van der Waals surface area contributed by atoms with Crippen molar-refractivity contribution in [1.82, 2.24) is 4.90 Å². The molecule has 0 saturated carbocycles.